The summed E-state index contributed by atoms with van der Waals surface area (Å²) in [6.45, 7) is 0.627. The van der Waals surface area contributed by atoms with Gasteiger partial charge in [0, 0.05) is 6.54 Å². The molecule has 0 saturated heterocycles. The highest BCUT2D eigenvalue weighted by molar-refractivity contribution is 5.67. The zero-order valence-corrected chi connectivity index (χ0v) is 11.6. The molecule has 1 aromatic rings. The van der Waals surface area contributed by atoms with Gasteiger partial charge in [0.25, 0.3) is 0 Å². The van der Waals surface area contributed by atoms with Crippen molar-refractivity contribution in [1.29, 1.82) is 0 Å². The Morgan fingerprint density at radius 2 is 1.86 bits per heavy atom. The van der Waals surface area contributed by atoms with Crippen LogP contribution in [0, 0.1) is 0 Å². The molecule has 0 saturated carbocycles. The van der Waals surface area contributed by atoms with Crippen LogP contribution in [0.15, 0.2) is 30.3 Å². The van der Waals surface area contributed by atoms with Crippen LogP contribution in [-0.4, -0.2) is 39.1 Å². The smallest absolute Gasteiger partial charge is 0.411 e. The van der Waals surface area contributed by atoms with Gasteiger partial charge in [-0.2, -0.15) is 13.2 Å². The first-order valence-electron chi connectivity index (χ1n) is 6.82. The summed E-state index contributed by atoms with van der Waals surface area (Å²) in [6.07, 6.45) is -1.14. The lowest BCUT2D eigenvalue weighted by Crippen LogP contribution is -2.20. The van der Waals surface area contributed by atoms with Crippen molar-refractivity contribution < 1.29 is 22.6 Å². The molecule has 0 aromatic heterocycles. The Bertz CT molecular complexity index is 469. The summed E-state index contributed by atoms with van der Waals surface area (Å²) in [7, 11) is 0. The fourth-order valence-electron chi connectivity index (χ4n) is 2.06. The van der Waals surface area contributed by atoms with Gasteiger partial charge < -0.3 is 14.8 Å². The van der Waals surface area contributed by atoms with Crippen molar-refractivity contribution >= 4 is 5.57 Å². The van der Waals surface area contributed by atoms with E-state index in [2.05, 4.69) is 16.1 Å². The van der Waals surface area contributed by atoms with Gasteiger partial charge in [-0.05, 0) is 36.2 Å². The highest BCUT2D eigenvalue weighted by Gasteiger charge is 2.27. The summed E-state index contributed by atoms with van der Waals surface area (Å²) < 4.78 is 45.4. The fraction of sp³-hybridized carbons (Fsp3) is 0.467. The average Bonchev–Trinajstić information content (AvgIpc) is 2.47. The Balaban J connectivity index is 1.74. The third kappa shape index (κ3) is 5.77. The maximum absolute atomic E-state index is 11.9. The number of hydrogen-bond donors (Lipinski definition) is 1. The molecule has 0 spiro atoms. The van der Waals surface area contributed by atoms with Gasteiger partial charge in [0.05, 0.1) is 6.61 Å². The van der Waals surface area contributed by atoms with Crippen molar-refractivity contribution in [2.45, 2.75) is 12.6 Å². The molecule has 116 valence electrons. The van der Waals surface area contributed by atoms with Gasteiger partial charge in [-0.15, -0.1) is 0 Å². The molecule has 0 atom stereocenters. The van der Waals surface area contributed by atoms with Crippen LogP contribution in [-0.2, 0) is 4.74 Å². The summed E-state index contributed by atoms with van der Waals surface area (Å²) in [5.74, 6) is 0.629. The second kappa shape index (κ2) is 7.47. The molecule has 0 radical (unpaired) electrons. The first-order chi connectivity index (χ1) is 10.0. The first kappa shape index (κ1) is 15.9. The summed E-state index contributed by atoms with van der Waals surface area (Å²) in [5, 5.41) is 3.25. The Labute approximate surface area is 121 Å². The molecule has 1 aliphatic heterocycles. The normalized spacial score (nSPS) is 15.7. The van der Waals surface area contributed by atoms with E-state index in [1.165, 1.54) is 5.57 Å². The number of rotatable bonds is 6. The van der Waals surface area contributed by atoms with Gasteiger partial charge in [-0.3, -0.25) is 0 Å². The van der Waals surface area contributed by atoms with Gasteiger partial charge >= 0.3 is 6.18 Å². The summed E-state index contributed by atoms with van der Waals surface area (Å²) in [5.41, 5.74) is 2.45. The zero-order chi connectivity index (χ0) is 15.1. The van der Waals surface area contributed by atoms with E-state index < -0.39 is 12.8 Å². The molecule has 3 nitrogen and oxygen atoms in total. The van der Waals surface area contributed by atoms with Crippen molar-refractivity contribution in [3.05, 3.63) is 35.9 Å². The highest BCUT2D eigenvalue weighted by Crippen LogP contribution is 2.22. The lowest BCUT2D eigenvalue weighted by atomic mass is 10.0. The topological polar surface area (TPSA) is 30.5 Å². The molecule has 0 aliphatic carbocycles. The van der Waals surface area contributed by atoms with Gasteiger partial charge in [0.1, 0.15) is 19.0 Å². The van der Waals surface area contributed by atoms with Gasteiger partial charge in [-0.25, -0.2) is 0 Å². The maximum atomic E-state index is 11.9. The van der Waals surface area contributed by atoms with E-state index in [0.29, 0.717) is 5.75 Å². The van der Waals surface area contributed by atoms with Crippen molar-refractivity contribution in [3.8, 4) is 5.75 Å². The van der Waals surface area contributed by atoms with Gasteiger partial charge in [0.15, 0.2) is 0 Å². The number of nitrogens with one attached hydrogen (secondary N) is 1. The quantitative estimate of drug-likeness (QED) is 0.819. The monoisotopic (exact) mass is 301 g/mol. The number of benzene rings is 1. The van der Waals surface area contributed by atoms with Crippen LogP contribution in [0.4, 0.5) is 13.2 Å². The van der Waals surface area contributed by atoms with Gasteiger partial charge in [-0.1, -0.05) is 18.2 Å². The molecule has 21 heavy (non-hydrogen) atoms. The SMILES string of the molecule is FC(F)(F)COCCOc1ccc(C2=CCNCC2)cc1. The second-order valence-electron chi connectivity index (χ2n) is 4.72. The fourth-order valence-corrected chi connectivity index (χ4v) is 2.06. The van der Waals surface area contributed by atoms with Crippen molar-refractivity contribution in [3.63, 3.8) is 0 Å². The van der Waals surface area contributed by atoms with Crippen LogP contribution in [0.1, 0.15) is 12.0 Å². The Kier molecular flexibility index (Phi) is 5.64. The van der Waals surface area contributed by atoms with Crippen LogP contribution < -0.4 is 10.1 Å². The molecule has 6 heteroatoms. The zero-order valence-electron chi connectivity index (χ0n) is 11.6. The molecule has 1 N–H and O–H groups in total. The Morgan fingerprint density at radius 3 is 2.48 bits per heavy atom. The number of halogens is 3. The van der Waals surface area contributed by atoms with Crippen LogP contribution >= 0.6 is 0 Å². The standard InChI is InChI=1S/C15H18F3NO2/c16-15(17,18)11-20-9-10-21-14-3-1-12(2-4-14)13-5-7-19-8-6-13/h1-5,19H,6-11H2. The van der Waals surface area contributed by atoms with E-state index in [-0.39, 0.29) is 13.2 Å². The third-order valence-electron chi connectivity index (χ3n) is 3.05. The molecule has 0 fully saturated rings. The number of ether oxygens (including phenoxy) is 2. The molecular weight excluding hydrogens is 283 g/mol. The first-order valence-corrected chi connectivity index (χ1v) is 6.82. The molecule has 1 aromatic carbocycles. The van der Waals surface area contributed by atoms with E-state index in [4.69, 9.17) is 4.74 Å². The van der Waals surface area contributed by atoms with E-state index in [9.17, 15) is 13.2 Å². The molecular formula is C15H18F3NO2. The molecule has 2 rings (SSSR count). The number of hydrogen-bond acceptors (Lipinski definition) is 3. The Hall–Kier alpha value is -1.53. The van der Waals surface area contributed by atoms with E-state index >= 15 is 0 Å². The van der Waals surface area contributed by atoms with Crippen molar-refractivity contribution in [2.75, 3.05) is 32.9 Å². The van der Waals surface area contributed by atoms with Crippen LogP contribution in [0.5, 0.6) is 5.75 Å². The van der Waals surface area contributed by atoms with Crippen LogP contribution in [0.2, 0.25) is 0 Å². The highest BCUT2D eigenvalue weighted by atomic mass is 19.4. The predicted molar refractivity (Wildman–Crippen MR) is 74.3 cm³/mol. The van der Waals surface area contributed by atoms with Crippen molar-refractivity contribution in [2.24, 2.45) is 0 Å². The summed E-state index contributed by atoms with van der Waals surface area (Å²) in [4.78, 5) is 0. The minimum Gasteiger partial charge on any atom is -0.491 e. The predicted octanol–water partition coefficient (Wildman–Crippen LogP) is 3.02. The van der Waals surface area contributed by atoms with E-state index in [0.717, 1.165) is 25.1 Å². The van der Waals surface area contributed by atoms with Crippen molar-refractivity contribution in [1.82, 2.24) is 5.32 Å². The van der Waals surface area contributed by atoms with Crippen LogP contribution in [0.25, 0.3) is 5.57 Å². The summed E-state index contributed by atoms with van der Waals surface area (Å²) in [6, 6.07) is 7.57. The molecule has 0 unspecified atom stereocenters. The van der Waals surface area contributed by atoms with E-state index in [1.807, 2.05) is 24.3 Å². The molecule has 1 heterocycles. The van der Waals surface area contributed by atoms with Gasteiger partial charge in [0.2, 0.25) is 0 Å². The molecule has 1 aliphatic rings. The minimum absolute atomic E-state index is 0.0852. The second-order valence-corrected chi connectivity index (χ2v) is 4.72. The lowest BCUT2D eigenvalue weighted by Gasteiger charge is -2.14. The largest absolute Gasteiger partial charge is 0.491 e. The third-order valence-corrected chi connectivity index (χ3v) is 3.05. The minimum atomic E-state index is -4.29. The molecule has 0 bridgehead atoms. The molecule has 0 amide bonds. The Morgan fingerprint density at radius 1 is 1.10 bits per heavy atom. The van der Waals surface area contributed by atoms with Crippen LogP contribution in [0.3, 0.4) is 0 Å². The average molecular weight is 301 g/mol. The lowest BCUT2D eigenvalue weighted by molar-refractivity contribution is -0.175. The summed E-state index contributed by atoms with van der Waals surface area (Å²) >= 11 is 0. The maximum Gasteiger partial charge on any atom is 0.411 e. The van der Waals surface area contributed by atoms with E-state index in [1.54, 1.807) is 0 Å². The number of alkyl halides is 3.